The van der Waals surface area contributed by atoms with Crippen LogP contribution in [-0.4, -0.2) is 26.9 Å². The highest BCUT2D eigenvalue weighted by atomic mass is 35.5. The van der Waals surface area contributed by atoms with E-state index in [9.17, 15) is 0 Å². The molecule has 5 nitrogen and oxygen atoms in total. The SMILES string of the molecule is COC(c1ccccc1)n1cc2nc(-c3cccc(Cl)c3)nc(Cl)c2n1. The molecule has 2 aromatic carbocycles. The van der Waals surface area contributed by atoms with Crippen LogP contribution >= 0.6 is 23.2 Å². The minimum atomic E-state index is -0.379. The van der Waals surface area contributed by atoms with Crippen LogP contribution in [0.25, 0.3) is 22.4 Å². The maximum absolute atomic E-state index is 6.36. The van der Waals surface area contributed by atoms with Crippen LogP contribution < -0.4 is 0 Å². The lowest BCUT2D eigenvalue weighted by Gasteiger charge is -2.15. The molecule has 0 saturated carbocycles. The Balaban J connectivity index is 1.81. The van der Waals surface area contributed by atoms with Gasteiger partial charge in [-0.1, -0.05) is 65.7 Å². The summed E-state index contributed by atoms with van der Waals surface area (Å²) in [5.41, 5.74) is 2.93. The van der Waals surface area contributed by atoms with E-state index in [2.05, 4.69) is 15.1 Å². The van der Waals surface area contributed by atoms with Crippen LogP contribution in [-0.2, 0) is 4.74 Å². The van der Waals surface area contributed by atoms with Crippen molar-refractivity contribution in [1.82, 2.24) is 19.7 Å². The van der Waals surface area contributed by atoms with Gasteiger partial charge in [0.25, 0.3) is 0 Å². The highest BCUT2D eigenvalue weighted by Gasteiger charge is 2.18. The summed E-state index contributed by atoms with van der Waals surface area (Å²) < 4.78 is 7.31. The van der Waals surface area contributed by atoms with Gasteiger partial charge < -0.3 is 4.74 Å². The quantitative estimate of drug-likeness (QED) is 0.465. The number of hydrogen-bond acceptors (Lipinski definition) is 4. The fourth-order valence-corrected chi connectivity index (χ4v) is 3.19. The number of aromatic nitrogens is 4. The number of methoxy groups -OCH3 is 1. The lowest BCUT2D eigenvalue weighted by Crippen LogP contribution is -2.13. The van der Waals surface area contributed by atoms with Crippen LogP contribution in [0.2, 0.25) is 10.2 Å². The molecule has 2 heterocycles. The van der Waals surface area contributed by atoms with E-state index in [1.54, 1.807) is 30.1 Å². The number of nitrogens with zero attached hydrogens (tertiary/aromatic N) is 4. The van der Waals surface area contributed by atoms with Crippen LogP contribution in [0.1, 0.15) is 11.8 Å². The van der Waals surface area contributed by atoms with E-state index in [1.165, 1.54) is 0 Å². The maximum Gasteiger partial charge on any atom is 0.175 e. The number of halogens is 2. The van der Waals surface area contributed by atoms with E-state index in [4.69, 9.17) is 27.9 Å². The summed E-state index contributed by atoms with van der Waals surface area (Å²) in [5.74, 6) is 0.498. The topological polar surface area (TPSA) is 52.8 Å². The number of fused-ring (bicyclic) bond motifs is 1. The first-order chi connectivity index (χ1) is 12.7. The third kappa shape index (κ3) is 3.17. The molecule has 26 heavy (non-hydrogen) atoms. The van der Waals surface area contributed by atoms with Crippen LogP contribution in [0.15, 0.2) is 60.8 Å². The van der Waals surface area contributed by atoms with E-state index in [0.29, 0.717) is 21.9 Å². The zero-order valence-corrected chi connectivity index (χ0v) is 15.3. The zero-order chi connectivity index (χ0) is 18.1. The Bertz CT molecular complexity index is 1070. The Morgan fingerprint density at radius 1 is 1.00 bits per heavy atom. The molecule has 0 bridgehead atoms. The summed E-state index contributed by atoms with van der Waals surface area (Å²) in [6.45, 7) is 0. The van der Waals surface area contributed by atoms with E-state index >= 15 is 0 Å². The molecule has 2 aromatic heterocycles. The minimum Gasteiger partial charge on any atom is -0.355 e. The number of ether oxygens (including phenoxy) is 1. The molecular formula is C19H14Cl2N4O. The molecule has 4 rings (SSSR count). The largest absolute Gasteiger partial charge is 0.355 e. The third-order valence-electron chi connectivity index (χ3n) is 3.97. The molecule has 0 fully saturated rings. The molecule has 0 radical (unpaired) electrons. The average molecular weight is 385 g/mol. The summed E-state index contributed by atoms with van der Waals surface area (Å²) in [5, 5.41) is 5.42. The molecular weight excluding hydrogens is 371 g/mol. The van der Waals surface area contributed by atoms with Gasteiger partial charge in [-0.05, 0) is 12.1 Å². The van der Waals surface area contributed by atoms with Gasteiger partial charge in [0.1, 0.15) is 11.0 Å². The molecule has 0 aliphatic carbocycles. The van der Waals surface area contributed by atoms with Crippen molar-refractivity contribution < 1.29 is 4.74 Å². The second kappa shape index (κ2) is 7.03. The maximum atomic E-state index is 6.36. The number of rotatable bonds is 4. The van der Waals surface area contributed by atoms with Gasteiger partial charge in [0, 0.05) is 23.3 Å². The van der Waals surface area contributed by atoms with E-state index in [1.807, 2.05) is 42.5 Å². The van der Waals surface area contributed by atoms with Crippen LogP contribution in [0.4, 0.5) is 0 Å². The summed E-state index contributed by atoms with van der Waals surface area (Å²) >= 11 is 12.4. The standard InChI is InChI=1S/C19H14Cl2N4O/c1-26-19(12-6-3-2-4-7-12)25-11-15-16(24-25)17(21)23-18(22-15)13-8-5-9-14(20)10-13/h2-11,19H,1H3. The predicted octanol–water partition coefficient (Wildman–Crippen LogP) is 4.99. The Morgan fingerprint density at radius 2 is 1.81 bits per heavy atom. The average Bonchev–Trinajstić information content (AvgIpc) is 3.07. The first kappa shape index (κ1) is 17.0. The van der Waals surface area contributed by atoms with Crippen molar-refractivity contribution in [2.45, 2.75) is 6.23 Å². The Morgan fingerprint density at radius 3 is 2.54 bits per heavy atom. The normalized spacial score (nSPS) is 12.4. The summed E-state index contributed by atoms with van der Waals surface area (Å²) in [6, 6.07) is 17.1. The lowest BCUT2D eigenvalue weighted by molar-refractivity contribution is 0.0687. The minimum absolute atomic E-state index is 0.284. The molecule has 0 amide bonds. The van der Waals surface area contributed by atoms with Crippen molar-refractivity contribution in [3.8, 4) is 11.4 Å². The number of benzene rings is 2. The van der Waals surface area contributed by atoms with Crippen LogP contribution in [0, 0.1) is 0 Å². The summed E-state index contributed by atoms with van der Waals surface area (Å²) in [6.07, 6.45) is 1.43. The van der Waals surface area contributed by atoms with Crippen molar-refractivity contribution in [3.63, 3.8) is 0 Å². The van der Waals surface area contributed by atoms with Crippen molar-refractivity contribution in [3.05, 3.63) is 76.5 Å². The molecule has 1 unspecified atom stereocenters. The Labute approximate surface area is 160 Å². The molecule has 7 heteroatoms. The van der Waals surface area contributed by atoms with E-state index in [-0.39, 0.29) is 11.4 Å². The first-order valence-electron chi connectivity index (χ1n) is 7.92. The van der Waals surface area contributed by atoms with Crippen LogP contribution in [0.5, 0.6) is 0 Å². The summed E-state index contributed by atoms with van der Waals surface area (Å²) in [7, 11) is 1.63. The highest BCUT2D eigenvalue weighted by Crippen LogP contribution is 2.27. The van der Waals surface area contributed by atoms with E-state index < -0.39 is 0 Å². The fourth-order valence-electron chi connectivity index (χ4n) is 2.79. The van der Waals surface area contributed by atoms with Crippen LogP contribution in [0.3, 0.4) is 0 Å². The highest BCUT2D eigenvalue weighted by molar-refractivity contribution is 6.33. The molecule has 0 aliphatic heterocycles. The second-order valence-corrected chi connectivity index (χ2v) is 6.48. The van der Waals surface area contributed by atoms with Crippen molar-refractivity contribution in [2.75, 3.05) is 7.11 Å². The monoisotopic (exact) mass is 384 g/mol. The van der Waals surface area contributed by atoms with E-state index in [0.717, 1.165) is 11.1 Å². The molecule has 0 N–H and O–H groups in total. The van der Waals surface area contributed by atoms with Crippen molar-refractivity contribution in [1.29, 1.82) is 0 Å². The smallest absolute Gasteiger partial charge is 0.175 e. The second-order valence-electron chi connectivity index (χ2n) is 5.69. The first-order valence-corrected chi connectivity index (χ1v) is 8.67. The molecule has 1 atom stereocenters. The van der Waals surface area contributed by atoms with Gasteiger partial charge in [0.05, 0.1) is 6.20 Å². The molecule has 0 aliphatic rings. The van der Waals surface area contributed by atoms with Gasteiger partial charge in [-0.15, -0.1) is 0 Å². The van der Waals surface area contributed by atoms with Gasteiger partial charge in [-0.3, -0.25) is 0 Å². The van der Waals surface area contributed by atoms with Gasteiger partial charge >= 0.3 is 0 Å². The Kier molecular flexibility index (Phi) is 4.59. The Hall–Kier alpha value is -2.47. The third-order valence-corrected chi connectivity index (χ3v) is 4.47. The lowest BCUT2D eigenvalue weighted by atomic mass is 10.2. The van der Waals surface area contributed by atoms with Crippen molar-refractivity contribution in [2.24, 2.45) is 0 Å². The predicted molar refractivity (Wildman–Crippen MR) is 102 cm³/mol. The molecule has 0 saturated heterocycles. The van der Waals surface area contributed by atoms with Crippen molar-refractivity contribution >= 4 is 34.2 Å². The zero-order valence-electron chi connectivity index (χ0n) is 13.8. The summed E-state index contributed by atoms with van der Waals surface area (Å²) in [4.78, 5) is 8.95. The fraction of sp³-hybridized carbons (Fsp3) is 0.105. The van der Waals surface area contributed by atoms with Gasteiger partial charge in [-0.2, -0.15) is 5.10 Å². The molecule has 0 spiro atoms. The molecule has 130 valence electrons. The van der Waals surface area contributed by atoms with Gasteiger partial charge in [-0.25, -0.2) is 14.6 Å². The van der Waals surface area contributed by atoms with Gasteiger partial charge in [0.15, 0.2) is 17.2 Å². The number of hydrogen-bond donors (Lipinski definition) is 0. The van der Waals surface area contributed by atoms with Gasteiger partial charge in [0.2, 0.25) is 0 Å². The molecule has 4 aromatic rings.